The van der Waals surface area contributed by atoms with Gasteiger partial charge in [-0.2, -0.15) is 8.78 Å². The lowest BCUT2D eigenvalue weighted by Crippen LogP contribution is -2.45. The van der Waals surface area contributed by atoms with Crippen molar-refractivity contribution < 1.29 is 28.2 Å². The summed E-state index contributed by atoms with van der Waals surface area (Å²) in [4.78, 5) is 23.1. The van der Waals surface area contributed by atoms with E-state index in [1.165, 1.54) is 6.07 Å². The zero-order chi connectivity index (χ0) is 17.9. The molecule has 1 aromatic carbocycles. The Morgan fingerprint density at radius 1 is 1.26 bits per heavy atom. The van der Waals surface area contributed by atoms with Gasteiger partial charge >= 0.3 is 17.9 Å². The van der Waals surface area contributed by atoms with Gasteiger partial charge in [0.1, 0.15) is 0 Å². The molecule has 1 N–H and O–H groups in total. The molecule has 1 rings (SSSR count). The number of carboxylic acids is 1. The van der Waals surface area contributed by atoms with Gasteiger partial charge in [0.05, 0.1) is 5.56 Å². The molecule has 0 bridgehead atoms. The Kier molecular flexibility index (Phi) is 7.89. The molecule has 1 atom stereocenters. The SMILES string of the molecule is CC(C)CC(OC(=O)c1cc(I)cc(I)c1I)C(F)(F)C(=O)O. The Labute approximate surface area is 173 Å². The average molecular weight is 664 g/mol. The number of halogens is 5. The first-order valence-corrected chi connectivity index (χ1v) is 9.67. The van der Waals surface area contributed by atoms with Crippen molar-refractivity contribution in [3.8, 4) is 0 Å². The lowest BCUT2D eigenvalue weighted by atomic mass is 10.0. The molecule has 128 valence electrons. The van der Waals surface area contributed by atoms with Crippen LogP contribution in [-0.4, -0.2) is 29.1 Å². The van der Waals surface area contributed by atoms with E-state index in [1.54, 1.807) is 13.8 Å². The molecule has 1 unspecified atom stereocenters. The van der Waals surface area contributed by atoms with Gasteiger partial charge in [-0.1, -0.05) is 13.8 Å². The molecule has 0 heterocycles. The summed E-state index contributed by atoms with van der Waals surface area (Å²) in [6.45, 7) is 3.30. The fourth-order valence-electron chi connectivity index (χ4n) is 1.73. The van der Waals surface area contributed by atoms with Gasteiger partial charge in [-0.25, -0.2) is 9.59 Å². The Bertz CT molecular complexity index is 620. The molecule has 9 heteroatoms. The minimum Gasteiger partial charge on any atom is -0.477 e. The molecule has 0 saturated carbocycles. The molecule has 0 amide bonds. The highest BCUT2D eigenvalue weighted by Crippen LogP contribution is 2.29. The van der Waals surface area contributed by atoms with Gasteiger partial charge in [-0.3, -0.25) is 0 Å². The first-order chi connectivity index (χ1) is 10.5. The highest BCUT2D eigenvalue weighted by atomic mass is 127. The maximum absolute atomic E-state index is 13.8. The molecule has 0 aliphatic carbocycles. The summed E-state index contributed by atoms with van der Waals surface area (Å²) in [5.74, 6) is -7.64. The van der Waals surface area contributed by atoms with Gasteiger partial charge in [0.15, 0.2) is 6.10 Å². The maximum atomic E-state index is 13.8. The molecule has 0 aliphatic rings. The third-order valence-electron chi connectivity index (χ3n) is 2.84. The van der Waals surface area contributed by atoms with E-state index in [0.29, 0.717) is 3.57 Å². The number of alkyl halides is 2. The normalized spacial score (nSPS) is 13.0. The van der Waals surface area contributed by atoms with Gasteiger partial charge < -0.3 is 9.84 Å². The highest BCUT2D eigenvalue weighted by molar-refractivity contribution is 14.1. The molecule has 0 aromatic heterocycles. The minimum absolute atomic E-state index is 0.150. The van der Waals surface area contributed by atoms with E-state index in [4.69, 9.17) is 9.84 Å². The van der Waals surface area contributed by atoms with Crippen LogP contribution in [0.3, 0.4) is 0 Å². The fourth-order valence-corrected chi connectivity index (χ4v) is 4.11. The molecule has 0 fully saturated rings. The lowest BCUT2D eigenvalue weighted by Gasteiger charge is -2.25. The topological polar surface area (TPSA) is 63.6 Å². The number of hydrogen-bond donors (Lipinski definition) is 1. The van der Waals surface area contributed by atoms with Crippen molar-refractivity contribution in [2.24, 2.45) is 5.92 Å². The smallest absolute Gasteiger partial charge is 0.378 e. The zero-order valence-electron chi connectivity index (χ0n) is 12.1. The summed E-state index contributed by atoms with van der Waals surface area (Å²) in [6, 6.07) is 3.36. The number of rotatable bonds is 6. The van der Waals surface area contributed by atoms with Gasteiger partial charge in [-0.15, -0.1) is 0 Å². The summed E-state index contributed by atoms with van der Waals surface area (Å²) in [5.41, 5.74) is 0.150. The van der Waals surface area contributed by atoms with E-state index < -0.39 is 24.0 Å². The van der Waals surface area contributed by atoms with Crippen molar-refractivity contribution >= 4 is 79.7 Å². The first-order valence-electron chi connectivity index (χ1n) is 6.43. The largest absolute Gasteiger partial charge is 0.477 e. The van der Waals surface area contributed by atoms with Crippen LogP contribution in [0.15, 0.2) is 12.1 Å². The van der Waals surface area contributed by atoms with E-state index in [0.717, 1.165) is 7.14 Å². The van der Waals surface area contributed by atoms with Gasteiger partial charge in [0.2, 0.25) is 0 Å². The van der Waals surface area contributed by atoms with Crippen LogP contribution in [0.25, 0.3) is 0 Å². The van der Waals surface area contributed by atoms with Gasteiger partial charge in [0, 0.05) is 10.7 Å². The van der Waals surface area contributed by atoms with Crippen molar-refractivity contribution in [1.82, 2.24) is 0 Å². The number of hydrogen-bond acceptors (Lipinski definition) is 3. The molecule has 0 radical (unpaired) electrons. The lowest BCUT2D eigenvalue weighted by molar-refractivity contribution is -0.183. The summed E-state index contributed by atoms with van der Waals surface area (Å²) in [6.07, 6.45) is -2.26. The number of ether oxygens (including phenoxy) is 1. The monoisotopic (exact) mass is 664 g/mol. The van der Waals surface area contributed by atoms with E-state index in [1.807, 2.05) is 73.8 Å². The van der Waals surface area contributed by atoms with Crippen LogP contribution in [0.5, 0.6) is 0 Å². The van der Waals surface area contributed by atoms with Crippen LogP contribution >= 0.6 is 67.8 Å². The van der Waals surface area contributed by atoms with Crippen molar-refractivity contribution in [2.45, 2.75) is 32.3 Å². The van der Waals surface area contributed by atoms with Crippen molar-refractivity contribution in [1.29, 1.82) is 0 Å². The van der Waals surface area contributed by atoms with Crippen LogP contribution in [-0.2, 0) is 9.53 Å². The van der Waals surface area contributed by atoms with E-state index in [9.17, 15) is 18.4 Å². The molecule has 4 nitrogen and oxygen atoms in total. The molecule has 1 aromatic rings. The van der Waals surface area contributed by atoms with Crippen molar-refractivity contribution in [3.63, 3.8) is 0 Å². The average Bonchev–Trinajstić information content (AvgIpc) is 2.41. The molecular weight excluding hydrogens is 651 g/mol. The highest BCUT2D eigenvalue weighted by Gasteiger charge is 2.50. The van der Waals surface area contributed by atoms with Crippen LogP contribution in [0.1, 0.15) is 30.6 Å². The minimum atomic E-state index is -4.14. The molecule has 0 spiro atoms. The zero-order valence-corrected chi connectivity index (χ0v) is 18.6. The molecule has 23 heavy (non-hydrogen) atoms. The van der Waals surface area contributed by atoms with E-state index in [2.05, 4.69) is 0 Å². The standard InChI is InChI=1S/C14H13F2I3O4/c1-6(2)3-10(14(15,16)13(21)22)23-12(20)8-4-7(17)5-9(18)11(8)19/h4-6,10H,3H2,1-2H3,(H,21,22). The molecule has 0 saturated heterocycles. The van der Waals surface area contributed by atoms with Crippen molar-refractivity contribution in [2.75, 3.05) is 0 Å². The predicted molar refractivity (Wildman–Crippen MR) is 106 cm³/mol. The number of carbonyl (C=O) groups excluding carboxylic acids is 1. The van der Waals surface area contributed by atoms with Crippen LogP contribution in [0.2, 0.25) is 0 Å². The Balaban J connectivity index is 3.14. The second kappa shape index (κ2) is 8.54. The quantitative estimate of drug-likeness (QED) is 0.270. The Hall–Kier alpha value is 0.210. The predicted octanol–water partition coefficient (Wildman–Crippen LogP) is 4.79. The van der Waals surface area contributed by atoms with Gasteiger partial charge in [-0.05, 0) is 92.2 Å². The Morgan fingerprint density at radius 3 is 2.30 bits per heavy atom. The van der Waals surface area contributed by atoms with Crippen LogP contribution in [0, 0.1) is 16.6 Å². The second-order valence-corrected chi connectivity index (χ2v) is 8.69. The van der Waals surface area contributed by atoms with Crippen LogP contribution < -0.4 is 0 Å². The van der Waals surface area contributed by atoms with Crippen LogP contribution in [0.4, 0.5) is 8.78 Å². The summed E-state index contributed by atoms with van der Waals surface area (Å²) >= 11 is 5.96. The fraction of sp³-hybridized carbons (Fsp3) is 0.429. The third-order valence-corrected chi connectivity index (χ3v) is 6.51. The molecular formula is C14H13F2I3O4. The second-order valence-electron chi connectivity index (χ2n) is 5.20. The molecule has 0 aliphatic heterocycles. The first kappa shape index (κ1) is 21.3. The van der Waals surface area contributed by atoms with Crippen molar-refractivity contribution in [3.05, 3.63) is 28.4 Å². The number of aliphatic carboxylic acids is 1. The summed E-state index contributed by atoms with van der Waals surface area (Å²) in [5, 5.41) is 8.71. The van der Waals surface area contributed by atoms with Gasteiger partial charge in [0.25, 0.3) is 0 Å². The van der Waals surface area contributed by atoms with E-state index >= 15 is 0 Å². The summed E-state index contributed by atoms with van der Waals surface area (Å²) in [7, 11) is 0. The number of benzene rings is 1. The maximum Gasteiger partial charge on any atom is 0.378 e. The third kappa shape index (κ3) is 5.61. The Morgan fingerprint density at radius 2 is 1.83 bits per heavy atom. The number of carboxylic acid groups (broad SMARTS) is 1. The summed E-state index contributed by atoms with van der Waals surface area (Å²) < 4.78 is 34.7. The van der Waals surface area contributed by atoms with E-state index in [-0.39, 0.29) is 17.9 Å². The number of esters is 1. The number of carbonyl (C=O) groups is 2.